The standard InChI is InChI=1S/C17H19F2NO5/c1-4-9-6-11(18)13(19)15-14(9)20(8(3)12(5-2)25-15)7-10(16(21)22)17(23)24/h6-8,12H,4-5H2,1-3H3,(H,21,22)(H,23,24)/t8?,12-/m0/s1. The van der Waals surface area contributed by atoms with Crippen molar-refractivity contribution >= 4 is 17.6 Å². The number of ether oxygens (including phenoxy) is 1. The predicted octanol–water partition coefficient (Wildman–Crippen LogP) is 2.95. The Labute approximate surface area is 143 Å². The molecule has 1 heterocycles. The molecule has 0 aromatic heterocycles. The van der Waals surface area contributed by atoms with Gasteiger partial charge in [0.1, 0.15) is 6.10 Å². The molecular formula is C17H19F2NO5. The number of aliphatic carboxylic acids is 2. The molecule has 0 saturated heterocycles. The molecular weight excluding hydrogens is 336 g/mol. The average molecular weight is 355 g/mol. The summed E-state index contributed by atoms with van der Waals surface area (Å²) in [5.74, 6) is -5.82. The van der Waals surface area contributed by atoms with Gasteiger partial charge in [0.25, 0.3) is 0 Å². The summed E-state index contributed by atoms with van der Waals surface area (Å²) in [7, 11) is 0. The van der Waals surface area contributed by atoms with Gasteiger partial charge in [-0.15, -0.1) is 0 Å². The fourth-order valence-electron chi connectivity index (χ4n) is 2.88. The summed E-state index contributed by atoms with van der Waals surface area (Å²) in [5.41, 5.74) is -0.332. The first-order chi connectivity index (χ1) is 11.7. The predicted molar refractivity (Wildman–Crippen MR) is 85.7 cm³/mol. The number of carboxylic acids is 2. The van der Waals surface area contributed by atoms with Gasteiger partial charge in [0.15, 0.2) is 17.1 Å². The zero-order valence-electron chi connectivity index (χ0n) is 14.0. The van der Waals surface area contributed by atoms with E-state index >= 15 is 0 Å². The molecule has 1 aromatic carbocycles. The molecule has 1 aliphatic rings. The second kappa shape index (κ2) is 7.08. The molecule has 0 bridgehead atoms. The van der Waals surface area contributed by atoms with Gasteiger partial charge in [0.2, 0.25) is 5.82 Å². The molecule has 2 atom stereocenters. The van der Waals surface area contributed by atoms with Crippen LogP contribution in [0.4, 0.5) is 14.5 Å². The van der Waals surface area contributed by atoms with Crippen LogP contribution in [0, 0.1) is 11.6 Å². The van der Waals surface area contributed by atoms with Crippen LogP contribution in [-0.2, 0) is 16.0 Å². The van der Waals surface area contributed by atoms with Gasteiger partial charge in [-0.25, -0.2) is 14.0 Å². The first-order valence-corrected chi connectivity index (χ1v) is 7.87. The van der Waals surface area contributed by atoms with Gasteiger partial charge in [-0.1, -0.05) is 13.8 Å². The molecule has 0 amide bonds. The Hall–Kier alpha value is -2.64. The Bertz CT molecular complexity index is 731. The van der Waals surface area contributed by atoms with E-state index in [9.17, 15) is 18.4 Å². The number of carboxylic acid groups (broad SMARTS) is 2. The molecule has 2 rings (SSSR count). The second-order valence-electron chi connectivity index (χ2n) is 5.73. The molecule has 0 aliphatic carbocycles. The van der Waals surface area contributed by atoms with Gasteiger partial charge in [0.05, 0.1) is 11.7 Å². The number of halogens is 2. The molecule has 25 heavy (non-hydrogen) atoms. The first kappa shape index (κ1) is 18.7. The van der Waals surface area contributed by atoms with E-state index in [2.05, 4.69) is 0 Å². The highest BCUT2D eigenvalue weighted by Gasteiger charge is 2.36. The normalized spacial score (nSPS) is 19.0. The van der Waals surface area contributed by atoms with E-state index in [1.54, 1.807) is 20.8 Å². The summed E-state index contributed by atoms with van der Waals surface area (Å²) in [6.45, 7) is 5.21. The lowest BCUT2D eigenvalue weighted by atomic mass is 10.00. The maximum atomic E-state index is 14.3. The third kappa shape index (κ3) is 3.29. The van der Waals surface area contributed by atoms with Crippen LogP contribution in [0.3, 0.4) is 0 Å². The summed E-state index contributed by atoms with van der Waals surface area (Å²) >= 11 is 0. The molecule has 1 aliphatic heterocycles. The molecule has 0 saturated carbocycles. The van der Waals surface area contributed by atoms with E-state index < -0.39 is 41.3 Å². The highest BCUT2D eigenvalue weighted by molar-refractivity contribution is 6.12. The summed E-state index contributed by atoms with van der Waals surface area (Å²) in [5, 5.41) is 18.2. The van der Waals surface area contributed by atoms with Crippen molar-refractivity contribution in [3.05, 3.63) is 35.0 Å². The van der Waals surface area contributed by atoms with E-state index in [4.69, 9.17) is 14.9 Å². The monoisotopic (exact) mass is 355 g/mol. The van der Waals surface area contributed by atoms with Crippen LogP contribution in [-0.4, -0.2) is 34.3 Å². The third-order valence-electron chi connectivity index (χ3n) is 4.25. The lowest BCUT2D eigenvalue weighted by molar-refractivity contribution is -0.140. The minimum absolute atomic E-state index is 0.151. The summed E-state index contributed by atoms with van der Waals surface area (Å²) in [4.78, 5) is 23.8. The number of aryl methyl sites for hydroxylation is 1. The van der Waals surface area contributed by atoms with E-state index in [1.165, 1.54) is 4.90 Å². The lowest BCUT2D eigenvalue weighted by Crippen LogP contribution is -2.46. The number of benzene rings is 1. The Balaban J connectivity index is 2.76. The molecule has 2 N–H and O–H groups in total. The van der Waals surface area contributed by atoms with Gasteiger partial charge in [-0.2, -0.15) is 4.39 Å². The summed E-state index contributed by atoms with van der Waals surface area (Å²) < 4.78 is 33.7. The highest BCUT2D eigenvalue weighted by Crippen LogP contribution is 2.43. The summed E-state index contributed by atoms with van der Waals surface area (Å²) in [6, 6.07) is 0.542. The molecule has 0 radical (unpaired) electrons. The van der Waals surface area contributed by atoms with Crippen molar-refractivity contribution < 1.29 is 33.3 Å². The Morgan fingerprint density at radius 3 is 2.36 bits per heavy atom. The number of fused-ring (bicyclic) bond motifs is 1. The van der Waals surface area contributed by atoms with Crippen molar-refractivity contribution in [3.8, 4) is 5.75 Å². The maximum Gasteiger partial charge on any atom is 0.344 e. The number of nitrogens with zero attached hydrogens (tertiary/aromatic N) is 1. The smallest absolute Gasteiger partial charge is 0.344 e. The minimum atomic E-state index is -1.62. The quantitative estimate of drug-likeness (QED) is 0.480. The molecule has 1 unspecified atom stereocenters. The molecule has 0 spiro atoms. The van der Waals surface area contributed by atoms with Crippen molar-refractivity contribution in [3.63, 3.8) is 0 Å². The van der Waals surface area contributed by atoms with E-state index in [0.29, 0.717) is 18.4 Å². The van der Waals surface area contributed by atoms with Crippen LogP contribution in [0.2, 0.25) is 0 Å². The summed E-state index contributed by atoms with van der Waals surface area (Å²) in [6.07, 6.45) is 1.15. The molecule has 136 valence electrons. The van der Waals surface area contributed by atoms with E-state index in [-0.39, 0.29) is 11.4 Å². The van der Waals surface area contributed by atoms with Crippen LogP contribution in [0.1, 0.15) is 32.8 Å². The lowest BCUT2D eigenvalue weighted by Gasteiger charge is -2.41. The second-order valence-corrected chi connectivity index (χ2v) is 5.73. The fraction of sp³-hybridized carbons (Fsp3) is 0.412. The van der Waals surface area contributed by atoms with Crippen molar-refractivity contribution in [2.24, 2.45) is 0 Å². The van der Waals surface area contributed by atoms with Gasteiger partial charge >= 0.3 is 11.9 Å². The number of hydrogen-bond donors (Lipinski definition) is 2. The Kier molecular flexibility index (Phi) is 5.30. The number of rotatable bonds is 5. The van der Waals surface area contributed by atoms with Crippen molar-refractivity contribution in [2.45, 2.75) is 45.8 Å². The van der Waals surface area contributed by atoms with Gasteiger partial charge in [-0.3, -0.25) is 0 Å². The Morgan fingerprint density at radius 1 is 1.28 bits per heavy atom. The fourth-order valence-corrected chi connectivity index (χ4v) is 2.88. The molecule has 6 nitrogen and oxygen atoms in total. The zero-order valence-corrected chi connectivity index (χ0v) is 14.0. The third-order valence-corrected chi connectivity index (χ3v) is 4.25. The Morgan fingerprint density at radius 2 is 1.88 bits per heavy atom. The van der Waals surface area contributed by atoms with Gasteiger partial charge < -0.3 is 19.8 Å². The van der Waals surface area contributed by atoms with Crippen molar-refractivity contribution in [1.82, 2.24) is 0 Å². The van der Waals surface area contributed by atoms with E-state index in [0.717, 1.165) is 12.3 Å². The topological polar surface area (TPSA) is 87.1 Å². The maximum absolute atomic E-state index is 14.3. The number of hydrogen-bond acceptors (Lipinski definition) is 4. The average Bonchev–Trinajstić information content (AvgIpc) is 2.55. The van der Waals surface area contributed by atoms with E-state index in [1.807, 2.05) is 0 Å². The van der Waals surface area contributed by atoms with Crippen molar-refractivity contribution in [1.29, 1.82) is 0 Å². The van der Waals surface area contributed by atoms with Crippen LogP contribution in [0.25, 0.3) is 0 Å². The molecule has 1 aromatic rings. The van der Waals surface area contributed by atoms with Crippen LogP contribution >= 0.6 is 0 Å². The van der Waals surface area contributed by atoms with Crippen molar-refractivity contribution in [2.75, 3.05) is 4.90 Å². The van der Waals surface area contributed by atoms with Crippen LogP contribution < -0.4 is 9.64 Å². The largest absolute Gasteiger partial charge is 0.483 e. The molecule has 8 heteroatoms. The van der Waals surface area contributed by atoms with Gasteiger partial charge in [-0.05, 0) is 31.4 Å². The van der Waals surface area contributed by atoms with Crippen LogP contribution in [0.5, 0.6) is 5.75 Å². The zero-order chi connectivity index (χ0) is 18.9. The minimum Gasteiger partial charge on any atom is -0.483 e. The number of carbonyl (C=O) groups is 2. The SMILES string of the molecule is CCc1cc(F)c(F)c2c1N(C=C(C(=O)O)C(=O)O)C(C)[C@H](CC)O2. The van der Waals surface area contributed by atoms with Crippen LogP contribution in [0.15, 0.2) is 17.8 Å². The number of anilines is 1. The molecule has 0 fully saturated rings. The first-order valence-electron chi connectivity index (χ1n) is 7.87. The van der Waals surface area contributed by atoms with Gasteiger partial charge in [0, 0.05) is 6.20 Å². The highest BCUT2D eigenvalue weighted by atomic mass is 19.2.